The summed E-state index contributed by atoms with van der Waals surface area (Å²) in [5.74, 6) is -0.0291. The molecule has 0 saturated carbocycles. The van der Waals surface area contributed by atoms with Crippen LogP contribution in [0.4, 0.5) is 0 Å². The van der Waals surface area contributed by atoms with Gasteiger partial charge in [0.15, 0.2) is 0 Å². The van der Waals surface area contributed by atoms with E-state index in [9.17, 15) is 19.8 Å². The minimum Gasteiger partial charge on any atom is -0.466 e. The molecule has 0 aliphatic carbocycles. The molecule has 2 unspecified atom stereocenters. The lowest BCUT2D eigenvalue weighted by atomic mass is 10.0. The fourth-order valence-electron chi connectivity index (χ4n) is 11.0. The van der Waals surface area contributed by atoms with Crippen LogP contribution in [0.2, 0.25) is 0 Å². The highest BCUT2D eigenvalue weighted by atomic mass is 16.5. The number of carbonyl (C=O) groups is 2. The summed E-state index contributed by atoms with van der Waals surface area (Å²) >= 11 is 0. The second kappa shape index (κ2) is 65.9. The lowest BCUT2D eigenvalue weighted by Gasteiger charge is -2.22. The molecule has 0 aromatic rings. The van der Waals surface area contributed by atoms with Gasteiger partial charge in [0.2, 0.25) is 5.91 Å². The predicted octanol–water partition coefficient (Wildman–Crippen LogP) is 22.1. The molecule has 0 spiro atoms. The minimum atomic E-state index is -0.665. The van der Waals surface area contributed by atoms with E-state index in [1.54, 1.807) is 0 Å². The summed E-state index contributed by atoms with van der Waals surface area (Å²) < 4.78 is 5.48. The summed E-state index contributed by atoms with van der Waals surface area (Å²) in [5, 5.41) is 23.4. The van der Waals surface area contributed by atoms with E-state index < -0.39 is 12.1 Å². The second-order valence-corrected chi connectivity index (χ2v) is 23.9. The topological polar surface area (TPSA) is 95.9 Å². The van der Waals surface area contributed by atoms with Crippen molar-refractivity contribution in [3.05, 3.63) is 24.3 Å². The van der Waals surface area contributed by atoms with Crippen LogP contribution in [0.5, 0.6) is 0 Å². The number of hydrogen-bond donors (Lipinski definition) is 3. The molecule has 0 aliphatic rings. The van der Waals surface area contributed by atoms with Crippen molar-refractivity contribution in [1.29, 1.82) is 0 Å². The van der Waals surface area contributed by atoms with E-state index in [0.29, 0.717) is 25.9 Å². The van der Waals surface area contributed by atoms with Gasteiger partial charge in [0, 0.05) is 12.8 Å². The Morgan fingerprint density at radius 2 is 0.658 bits per heavy atom. The van der Waals surface area contributed by atoms with Crippen molar-refractivity contribution in [1.82, 2.24) is 5.32 Å². The summed E-state index contributed by atoms with van der Waals surface area (Å²) in [4.78, 5) is 24.6. The molecule has 6 nitrogen and oxygen atoms in total. The van der Waals surface area contributed by atoms with Gasteiger partial charge in [0.1, 0.15) is 0 Å². The van der Waals surface area contributed by atoms with Crippen LogP contribution in [0.25, 0.3) is 0 Å². The monoisotopic (exact) mass is 1070 g/mol. The van der Waals surface area contributed by atoms with Crippen molar-refractivity contribution >= 4 is 11.9 Å². The van der Waals surface area contributed by atoms with Gasteiger partial charge in [-0.2, -0.15) is 0 Å². The first-order chi connectivity index (χ1) is 37.5. The zero-order valence-electron chi connectivity index (χ0n) is 51.5. The highest BCUT2D eigenvalue weighted by Gasteiger charge is 2.20. The number of hydrogen-bond acceptors (Lipinski definition) is 5. The lowest BCUT2D eigenvalue weighted by Crippen LogP contribution is -2.45. The standard InChI is InChI=1S/C70H135NO5/c1-3-5-7-9-11-13-15-17-19-20-21-25-28-31-35-38-42-46-50-54-58-62-68(73)67(66-72)71-69(74)63-59-55-51-47-43-39-36-32-29-26-23-22-24-27-30-33-37-41-45-49-53-57-61-65-76-70(75)64-60-56-52-48-44-40-34-18-16-14-12-10-8-6-4-2/h12,14,18,34,67-68,72-73H,3-11,13,15-17,19-33,35-66H2,1-2H3,(H,71,74)/b14-12-,34-18-. The van der Waals surface area contributed by atoms with Crippen LogP contribution in [0.1, 0.15) is 386 Å². The van der Waals surface area contributed by atoms with Crippen LogP contribution in [0, 0.1) is 0 Å². The van der Waals surface area contributed by atoms with Gasteiger partial charge in [0.05, 0.1) is 25.4 Å². The normalized spacial score (nSPS) is 12.6. The van der Waals surface area contributed by atoms with E-state index in [1.165, 1.54) is 302 Å². The van der Waals surface area contributed by atoms with Crippen LogP contribution >= 0.6 is 0 Å². The minimum absolute atomic E-state index is 0.00125. The molecule has 1 amide bonds. The highest BCUT2D eigenvalue weighted by Crippen LogP contribution is 2.19. The predicted molar refractivity (Wildman–Crippen MR) is 333 cm³/mol. The molecule has 0 aromatic carbocycles. The molecule has 0 heterocycles. The Morgan fingerprint density at radius 3 is 1.03 bits per heavy atom. The summed E-state index contributed by atoms with van der Waals surface area (Å²) in [6, 6.07) is -0.542. The van der Waals surface area contributed by atoms with Crippen molar-refractivity contribution in [3.8, 4) is 0 Å². The van der Waals surface area contributed by atoms with E-state index in [-0.39, 0.29) is 18.5 Å². The summed E-state index contributed by atoms with van der Waals surface area (Å²) in [6.07, 6.45) is 82.1. The van der Waals surface area contributed by atoms with E-state index >= 15 is 0 Å². The van der Waals surface area contributed by atoms with Crippen molar-refractivity contribution in [2.75, 3.05) is 13.2 Å². The number of carbonyl (C=O) groups excluding carboxylic acids is 2. The number of allylic oxidation sites excluding steroid dienone is 4. The SMILES string of the molecule is CCCCC/C=C\C/C=C\CCCCCCCC(=O)OCCCCCCCCCCCCCCCCCCCCCCCCCC(=O)NC(CO)C(O)CCCCCCCCCCCCCCCCCCCCCCC. The molecule has 0 aliphatic heterocycles. The number of unbranched alkanes of at least 4 members (excludes halogenated alkanes) is 50. The van der Waals surface area contributed by atoms with Gasteiger partial charge in [0.25, 0.3) is 0 Å². The molecule has 0 fully saturated rings. The first-order valence-electron chi connectivity index (χ1n) is 34.6. The first-order valence-corrected chi connectivity index (χ1v) is 34.6. The Kier molecular flexibility index (Phi) is 64.4. The molecule has 2 atom stereocenters. The number of esters is 1. The molecule has 0 radical (unpaired) electrons. The average molecular weight is 1070 g/mol. The first kappa shape index (κ1) is 74.3. The number of aliphatic hydroxyl groups is 2. The Hall–Kier alpha value is -1.66. The van der Waals surface area contributed by atoms with Crippen LogP contribution in [-0.4, -0.2) is 47.4 Å². The maximum atomic E-state index is 12.5. The third kappa shape index (κ3) is 61.6. The molecular weight excluding hydrogens is 935 g/mol. The lowest BCUT2D eigenvalue weighted by molar-refractivity contribution is -0.143. The van der Waals surface area contributed by atoms with E-state index in [2.05, 4.69) is 43.5 Å². The fourth-order valence-corrected chi connectivity index (χ4v) is 11.0. The third-order valence-electron chi connectivity index (χ3n) is 16.3. The Balaban J connectivity index is 3.38. The zero-order valence-corrected chi connectivity index (χ0v) is 51.5. The van der Waals surface area contributed by atoms with Gasteiger partial charge in [-0.1, -0.05) is 340 Å². The van der Waals surface area contributed by atoms with Crippen LogP contribution in [0.3, 0.4) is 0 Å². The molecule has 3 N–H and O–H groups in total. The Morgan fingerprint density at radius 1 is 0.368 bits per heavy atom. The van der Waals surface area contributed by atoms with Crippen LogP contribution in [0.15, 0.2) is 24.3 Å². The van der Waals surface area contributed by atoms with E-state index in [4.69, 9.17) is 4.74 Å². The number of ether oxygens (including phenoxy) is 1. The molecule has 450 valence electrons. The molecule has 0 saturated heterocycles. The highest BCUT2D eigenvalue weighted by molar-refractivity contribution is 5.76. The largest absolute Gasteiger partial charge is 0.466 e. The second-order valence-electron chi connectivity index (χ2n) is 23.9. The van der Waals surface area contributed by atoms with Crippen LogP contribution < -0.4 is 5.32 Å². The number of amides is 1. The summed E-state index contributed by atoms with van der Waals surface area (Å²) in [7, 11) is 0. The Labute approximate surface area is 475 Å². The van der Waals surface area contributed by atoms with Gasteiger partial charge in [-0.15, -0.1) is 0 Å². The van der Waals surface area contributed by atoms with Crippen molar-refractivity contribution in [2.24, 2.45) is 0 Å². The van der Waals surface area contributed by atoms with Crippen LogP contribution in [-0.2, 0) is 14.3 Å². The van der Waals surface area contributed by atoms with Gasteiger partial charge < -0.3 is 20.3 Å². The number of rotatable bonds is 65. The smallest absolute Gasteiger partial charge is 0.305 e. The van der Waals surface area contributed by atoms with Crippen molar-refractivity contribution < 1.29 is 24.5 Å². The van der Waals surface area contributed by atoms with Crippen molar-refractivity contribution in [3.63, 3.8) is 0 Å². The Bertz CT molecular complexity index is 1190. The van der Waals surface area contributed by atoms with Gasteiger partial charge in [-0.3, -0.25) is 9.59 Å². The maximum Gasteiger partial charge on any atom is 0.305 e. The molecule has 0 aromatic heterocycles. The fraction of sp³-hybridized carbons (Fsp3) is 0.914. The van der Waals surface area contributed by atoms with E-state index in [1.807, 2.05) is 0 Å². The average Bonchev–Trinajstić information content (AvgIpc) is 3.42. The summed E-state index contributed by atoms with van der Waals surface area (Å²) in [5.41, 5.74) is 0. The van der Waals surface area contributed by atoms with E-state index in [0.717, 1.165) is 51.4 Å². The van der Waals surface area contributed by atoms with Gasteiger partial charge >= 0.3 is 5.97 Å². The zero-order chi connectivity index (χ0) is 55.0. The van der Waals surface area contributed by atoms with Gasteiger partial charge in [-0.25, -0.2) is 0 Å². The molecule has 76 heavy (non-hydrogen) atoms. The molecule has 6 heteroatoms. The molecular formula is C70H135NO5. The third-order valence-corrected chi connectivity index (χ3v) is 16.3. The number of nitrogens with one attached hydrogen (secondary N) is 1. The quantitative estimate of drug-likeness (QED) is 0.0320. The summed E-state index contributed by atoms with van der Waals surface area (Å²) in [6.45, 7) is 4.96. The number of aliphatic hydroxyl groups excluding tert-OH is 2. The molecule has 0 rings (SSSR count). The maximum absolute atomic E-state index is 12.5. The van der Waals surface area contributed by atoms with Gasteiger partial charge in [-0.05, 0) is 57.8 Å². The van der Waals surface area contributed by atoms with Crippen molar-refractivity contribution in [2.45, 2.75) is 398 Å². The molecule has 0 bridgehead atoms.